The van der Waals surface area contributed by atoms with Gasteiger partial charge in [-0.15, -0.1) is 0 Å². The smallest absolute Gasteiger partial charge is 0.321 e. The second kappa shape index (κ2) is 14.9. The van der Waals surface area contributed by atoms with Crippen molar-refractivity contribution in [3.05, 3.63) is 24.3 Å². The number of hydrogen-bond acceptors (Lipinski definition) is 8. The summed E-state index contributed by atoms with van der Waals surface area (Å²) in [7, 11) is 0. The molecule has 8 N–H and O–H groups in total. The van der Waals surface area contributed by atoms with Gasteiger partial charge in [0.2, 0.25) is 11.8 Å². The third-order valence-electron chi connectivity index (χ3n) is 4.28. The van der Waals surface area contributed by atoms with Crippen molar-refractivity contribution in [3.63, 3.8) is 0 Å². The molecule has 0 aliphatic heterocycles. The predicted octanol–water partition coefficient (Wildman–Crippen LogP) is -0.806. The molecule has 0 aliphatic rings. The normalized spacial score (nSPS) is 12.6. The van der Waals surface area contributed by atoms with Crippen LogP contribution in [0.25, 0.3) is 0 Å². The van der Waals surface area contributed by atoms with Crippen LogP contribution in [0.5, 0.6) is 0 Å². The molecule has 12 nitrogen and oxygen atoms in total. The third-order valence-corrected chi connectivity index (χ3v) is 4.28. The van der Waals surface area contributed by atoms with Crippen molar-refractivity contribution in [2.24, 2.45) is 0 Å². The lowest BCUT2D eigenvalue weighted by Gasteiger charge is -2.15. The number of rotatable bonds is 16. The zero-order valence-electron chi connectivity index (χ0n) is 17.5. The highest BCUT2D eigenvalue weighted by Crippen LogP contribution is 2.14. The van der Waals surface area contributed by atoms with Crippen molar-refractivity contribution >= 4 is 35.1 Å². The van der Waals surface area contributed by atoms with E-state index in [1.807, 2.05) is 0 Å². The van der Waals surface area contributed by atoms with Gasteiger partial charge in [0.15, 0.2) is 0 Å². The number of carboxylic acids is 2. The van der Waals surface area contributed by atoms with Gasteiger partial charge in [-0.3, -0.25) is 19.2 Å². The van der Waals surface area contributed by atoms with Gasteiger partial charge in [-0.25, -0.2) is 0 Å². The first-order valence-electron chi connectivity index (χ1n) is 10.1. The molecular weight excluding hydrogens is 424 g/mol. The van der Waals surface area contributed by atoms with Gasteiger partial charge in [0.1, 0.15) is 12.1 Å². The maximum Gasteiger partial charge on any atom is 0.321 e. The van der Waals surface area contributed by atoms with E-state index in [4.69, 9.17) is 20.4 Å². The summed E-state index contributed by atoms with van der Waals surface area (Å²) in [5.41, 5.74) is 0.781. The van der Waals surface area contributed by atoms with Gasteiger partial charge >= 0.3 is 11.9 Å². The molecule has 1 rings (SSSR count). The quantitative estimate of drug-likeness (QED) is 0.146. The van der Waals surface area contributed by atoms with Crippen LogP contribution in [-0.4, -0.2) is 82.6 Å². The number of anilines is 2. The molecule has 0 fully saturated rings. The summed E-state index contributed by atoms with van der Waals surface area (Å²) in [6.45, 7) is 0.334. The summed E-state index contributed by atoms with van der Waals surface area (Å²) < 4.78 is 0. The van der Waals surface area contributed by atoms with Gasteiger partial charge in [0.25, 0.3) is 0 Å². The topological polar surface area (TPSA) is 197 Å². The molecule has 0 heterocycles. The van der Waals surface area contributed by atoms with Gasteiger partial charge < -0.3 is 41.7 Å². The first-order valence-corrected chi connectivity index (χ1v) is 10.1. The Kier molecular flexibility index (Phi) is 12.5. The van der Waals surface area contributed by atoms with Crippen molar-refractivity contribution in [1.82, 2.24) is 10.6 Å². The maximum absolute atomic E-state index is 12.1. The number of nitrogens with one attached hydrogen (secondary N) is 4. The summed E-state index contributed by atoms with van der Waals surface area (Å²) in [5, 5.41) is 46.3. The van der Waals surface area contributed by atoms with Crippen LogP contribution in [-0.2, 0) is 19.2 Å². The number of aliphatic hydroxyl groups excluding tert-OH is 2. The number of carboxylic acid groups (broad SMARTS) is 2. The van der Waals surface area contributed by atoms with Gasteiger partial charge in [-0.2, -0.15) is 0 Å². The SMILES string of the molecule is O=C(C[C@@H](NCCCO)C(=O)O)Nc1ccc(NC(=O)C[C@@H](NCCCO)C(=O)O)cc1. The van der Waals surface area contributed by atoms with Crippen molar-refractivity contribution in [2.75, 3.05) is 36.9 Å². The number of benzene rings is 1. The van der Waals surface area contributed by atoms with Crippen LogP contribution in [0.4, 0.5) is 11.4 Å². The second-order valence-electron chi connectivity index (χ2n) is 6.93. The number of carbonyl (C=O) groups is 4. The van der Waals surface area contributed by atoms with E-state index in [0.717, 1.165) is 0 Å². The average molecular weight is 454 g/mol. The molecule has 178 valence electrons. The van der Waals surface area contributed by atoms with Crippen molar-refractivity contribution in [3.8, 4) is 0 Å². The van der Waals surface area contributed by atoms with Crippen LogP contribution in [0.2, 0.25) is 0 Å². The van der Waals surface area contributed by atoms with Crippen LogP contribution >= 0.6 is 0 Å². The fraction of sp³-hybridized carbons (Fsp3) is 0.500. The highest BCUT2D eigenvalue weighted by molar-refractivity contribution is 5.96. The summed E-state index contributed by atoms with van der Waals surface area (Å²) >= 11 is 0. The zero-order valence-corrected chi connectivity index (χ0v) is 17.5. The third kappa shape index (κ3) is 10.8. The Hall–Kier alpha value is -3.06. The minimum absolute atomic E-state index is 0.0917. The first kappa shape index (κ1) is 27.0. The molecule has 0 saturated carbocycles. The molecule has 32 heavy (non-hydrogen) atoms. The predicted molar refractivity (Wildman–Crippen MR) is 115 cm³/mol. The van der Waals surface area contributed by atoms with Crippen LogP contribution in [0, 0.1) is 0 Å². The molecule has 0 bridgehead atoms. The van der Waals surface area contributed by atoms with Crippen molar-refractivity contribution in [1.29, 1.82) is 0 Å². The summed E-state index contributed by atoms with van der Waals surface area (Å²) in [6, 6.07) is 3.86. The minimum Gasteiger partial charge on any atom is -0.480 e. The molecule has 0 unspecified atom stereocenters. The standard InChI is InChI=1S/C20H30N4O8/c25-9-1-7-21-15(19(29)30)11-17(27)23-13-3-5-14(6-4-13)24-18(28)12-16(20(31)32)22-8-2-10-26/h3-6,15-16,21-22,25-26H,1-2,7-12H2,(H,23,27)(H,24,28)(H,29,30)(H,31,32)/t15-,16-/m1/s1. The second-order valence-corrected chi connectivity index (χ2v) is 6.93. The first-order chi connectivity index (χ1) is 15.3. The summed E-state index contributed by atoms with van der Waals surface area (Å²) in [6.07, 6.45) is 0.118. The van der Waals surface area contributed by atoms with E-state index in [1.54, 1.807) is 0 Å². The van der Waals surface area contributed by atoms with E-state index >= 15 is 0 Å². The molecule has 0 saturated heterocycles. The Balaban J connectivity index is 2.55. The Morgan fingerprint density at radius 1 is 0.688 bits per heavy atom. The van der Waals surface area contributed by atoms with Crippen LogP contribution in [0.1, 0.15) is 25.7 Å². The largest absolute Gasteiger partial charge is 0.480 e. The average Bonchev–Trinajstić information content (AvgIpc) is 2.73. The van der Waals surface area contributed by atoms with E-state index in [2.05, 4.69) is 21.3 Å². The number of aliphatic carboxylic acids is 2. The Morgan fingerprint density at radius 3 is 1.31 bits per heavy atom. The lowest BCUT2D eigenvalue weighted by molar-refractivity contribution is -0.141. The van der Waals surface area contributed by atoms with Crippen molar-refractivity contribution < 1.29 is 39.6 Å². The molecule has 0 aromatic heterocycles. The summed E-state index contributed by atoms with van der Waals surface area (Å²) in [4.78, 5) is 46.7. The van der Waals surface area contributed by atoms with Gasteiger partial charge in [0.05, 0.1) is 12.8 Å². The fourth-order valence-corrected chi connectivity index (χ4v) is 2.64. The molecule has 0 radical (unpaired) electrons. The lowest BCUT2D eigenvalue weighted by Crippen LogP contribution is -2.40. The highest BCUT2D eigenvalue weighted by Gasteiger charge is 2.21. The Bertz CT molecular complexity index is 693. The van der Waals surface area contributed by atoms with E-state index in [-0.39, 0.29) is 39.1 Å². The van der Waals surface area contributed by atoms with E-state index in [9.17, 15) is 19.2 Å². The van der Waals surface area contributed by atoms with Gasteiger partial charge in [0, 0.05) is 24.6 Å². The number of hydrogen-bond donors (Lipinski definition) is 8. The minimum atomic E-state index is -1.18. The molecule has 0 spiro atoms. The number of carbonyl (C=O) groups excluding carboxylic acids is 2. The molecule has 0 aliphatic carbocycles. The van der Waals surface area contributed by atoms with E-state index in [1.165, 1.54) is 24.3 Å². The van der Waals surface area contributed by atoms with Gasteiger partial charge in [-0.1, -0.05) is 0 Å². The van der Waals surface area contributed by atoms with Crippen LogP contribution in [0.3, 0.4) is 0 Å². The van der Waals surface area contributed by atoms with Crippen LogP contribution in [0.15, 0.2) is 24.3 Å². The lowest BCUT2D eigenvalue weighted by atomic mass is 10.1. The Labute approximate surface area is 185 Å². The fourth-order valence-electron chi connectivity index (χ4n) is 2.64. The number of amides is 2. The van der Waals surface area contributed by atoms with E-state index in [0.29, 0.717) is 24.2 Å². The highest BCUT2D eigenvalue weighted by atomic mass is 16.4. The van der Waals surface area contributed by atoms with Crippen molar-refractivity contribution in [2.45, 2.75) is 37.8 Å². The molecule has 1 aromatic rings. The Morgan fingerprint density at radius 2 is 1.03 bits per heavy atom. The maximum atomic E-state index is 12.1. The zero-order chi connectivity index (χ0) is 23.9. The molecule has 1 aromatic carbocycles. The molecule has 2 atom stereocenters. The summed E-state index contributed by atoms with van der Waals surface area (Å²) in [5.74, 6) is -3.41. The number of aliphatic hydroxyl groups is 2. The van der Waals surface area contributed by atoms with Crippen LogP contribution < -0.4 is 21.3 Å². The molecular formula is C20H30N4O8. The molecule has 2 amide bonds. The monoisotopic (exact) mass is 454 g/mol. The molecule has 12 heteroatoms. The van der Waals surface area contributed by atoms with Gasteiger partial charge in [-0.05, 0) is 50.2 Å². The van der Waals surface area contributed by atoms with E-state index < -0.39 is 35.8 Å².